The van der Waals surface area contributed by atoms with Crippen LogP contribution in [0.3, 0.4) is 0 Å². The number of halogens is 5. The Balaban J connectivity index is 1.78. The van der Waals surface area contributed by atoms with Crippen LogP contribution in [0.5, 0.6) is 5.75 Å². The molecule has 0 spiro atoms. The van der Waals surface area contributed by atoms with Crippen LogP contribution in [-0.2, 0) is 15.8 Å². The molecule has 162 valence electrons. The van der Waals surface area contributed by atoms with Gasteiger partial charge >= 0.3 is 6.18 Å². The predicted molar refractivity (Wildman–Crippen MR) is 116 cm³/mol. The van der Waals surface area contributed by atoms with E-state index in [0.717, 1.165) is 12.1 Å². The minimum absolute atomic E-state index is 0.0474. The summed E-state index contributed by atoms with van der Waals surface area (Å²) >= 11 is 6.95. The number of amides is 3. The van der Waals surface area contributed by atoms with E-state index in [1.807, 2.05) is 0 Å². The van der Waals surface area contributed by atoms with Crippen LogP contribution in [0.1, 0.15) is 11.1 Å². The summed E-state index contributed by atoms with van der Waals surface area (Å²) < 4.78 is 40.2. The number of hydrogen-bond acceptors (Lipinski definition) is 5. The standard InChI is InChI=1S/C19H11Br2F3N2O4S/c20-10-5-9(16(28)12(21)7-10)6-14-17(29)26(18(30)31-14)8-15(27)25-13-4-2-1-3-11(13)19(22,23)24/h1-7,28H,8H2,(H,25,27)/b14-6-. The molecule has 12 heteroatoms. The van der Waals surface area contributed by atoms with E-state index >= 15 is 0 Å². The van der Waals surface area contributed by atoms with Crippen molar-refractivity contribution in [1.29, 1.82) is 0 Å². The summed E-state index contributed by atoms with van der Waals surface area (Å²) in [7, 11) is 0. The van der Waals surface area contributed by atoms with Crippen molar-refractivity contribution in [2.45, 2.75) is 6.18 Å². The number of phenols is 1. The minimum Gasteiger partial charge on any atom is -0.506 e. The van der Waals surface area contributed by atoms with Crippen LogP contribution in [0, 0.1) is 0 Å². The maximum absolute atomic E-state index is 13.1. The van der Waals surface area contributed by atoms with Crippen molar-refractivity contribution in [3.05, 3.63) is 61.4 Å². The fourth-order valence-electron chi connectivity index (χ4n) is 2.65. The van der Waals surface area contributed by atoms with E-state index in [9.17, 15) is 32.7 Å². The van der Waals surface area contributed by atoms with Gasteiger partial charge in [-0.25, -0.2) is 0 Å². The number of hydrogen-bond donors (Lipinski definition) is 2. The van der Waals surface area contributed by atoms with Crippen molar-refractivity contribution in [2.75, 3.05) is 11.9 Å². The summed E-state index contributed by atoms with van der Waals surface area (Å²) in [5.74, 6) is -1.92. The second kappa shape index (κ2) is 9.05. The summed E-state index contributed by atoms with van der Waals surface area (Å²) in [5.41, 5.74) is -1.28. The van der Waals surface area contributed by atoms with Gasteiger partial charge in [0.2, 0.25) is 5.91 Å². The van der Waals surface area contributed by atoms with Crippen LogP contribution in [0.2, 0.25) is 0 Å². The Kier molecular flexibility index (Phi) is 6.82. The Morgan fingerprint density at radius 1 is 1.19 bits per heavy atom. The molecule has 0 aromatic heterocycles. The molecule has 2 aromatic carbocycles. The number of benzene rings is 2. The predicted octanol–water partition coefficient (Wildman–Crippen LogP) is 5.61. The van der Waals surface area contributed by atoms with E-state index in [2.05, 4.69) is 37.2 Å². The number of phenolic OH excluding ortho intramolecular Hbond substituents is 1. The summed E-state index contributed by atoms with van der Waals surface area (Å²) in [6, 6.07) is 7.48. The number of imide groups is 1. The molecule has 2 N–H and O–H groups in total. The lowest BCUT2D eigenvalue weighted by Crippen LogP contribution is -2.36. The first-order valence-electron chi connectivity index (χ1n) is 8.37. The van der Waals surface area contributed by atoms with Gasteiger partial charge in [0.15, 0.2) is 0 Å². The molecule has 0 unspecified atom stereocenters. The van der Waals surface area contributed by atoms with Gasteiger partial charge in [0.1, 0.15) is 12.3 Å². The summed E-state index contributed by atoms with van der Waals surface area (Å²) in [4.78, 5) is 37.6. The van der Waals surface area contributed by atoms with Gasteiger partial charge in [0.05, 0.1) is 20.6 Å². The largest absolute Gasteiger partial charge is 0.506 e. The topological polar surface area (TPSA) is 86.7 Å². The molecular weight excluding hydrogens is 569 g/mol. The van der Waals surface area contributed by atoms with Gasteiger partial charge in [0.25, 0.3) is 11.1 Å². The number of carbonyl (C=O) groups excluding carboxylic acids is 3. The van der Waals surface area contributed by atoms with E-state index in [-0.39, 0.29) is 16.2 Å². The van der Waals surface area contributed by atoms with Gasteiger partial charge in [0, 0.05) is 10.0 Å². The fourth-order valence-corrected chi connectivity index (χ4v) is 4.73. The molecule has 3 rings (SSSR count). The number of alkyl halides is 3. The zero-order valence-electron chi connectivity index (χ0n) is 15.2. The second-order valence-corrected chi connectivity index (χ2v) is 8.95. The normalized spacial score (nSPS) is 15.6. The van der Waals surface area contributed by atoms with E-state index < -0.39 is 41.0 Å². The van der Waals surface area contributed by atoms with Crippen LogP contribution >= 0.6 is 43.6 Å². The van der Waals surface area contributed by atoms with E-state index in [4.69, 9.17) is 0 Å². The highest BCUT2D eigenvalue weighted by molar-refractivity contribution is 9.11. The molecule has 0 saturated carbocycles. The smallest absolute Gasteiger partial charge is 0.418 e. The highest BCUT2D eigenvalue weighted by Crippen LogP contribution is 2.38. The van der Waals surface area contributed by atoms with Crippen molar-refractivity contribution in [3.63, 3.8) is 0 Å². The van der Waals surface area contributed by atoms with Crippen LogP contribution in [0.15, 0.2) is 50.2 Å². The first kappa shape index (κ1) is 23.4. The average Bonchev–Trinajstić information content (AvgIpc) is 2.92. The molecule has 3 amide bonds. The lowest BCUT2D eigenvalue weighted by molar-refractivity contribution is -0.137. The van der Waals surface area contributed by atoms with Crippen LogP contribution in [0.4, 0.5) is 23.7 Å². The monoisotopic (exact) mass is 578 g/mol. The van der Waals surface area contributed by atoms with Crippen LogP contribution in [0.25, 0.3) is 6.08 Å². The first-order chi connectivity index (χ1) is 14.5. The average molecular weight is 580 g/mol. The molecular formula is C19H11Br2F3N2O4S. The lowest BCUT2D eigenvalue weighted by atomic mass is 10.1. The Morgan fingerprint density at radius 2 is 1.87 bits per heavy atom. The maximum atomic E-state index is 13.1. The number of thioether (sulfide) groups is 1. The van der Waals surface area contributed by atoms with Gasteiger partial charge in [-0.15, -0.1) is 0 Å². The maximum Gasteiger partial charge on any atom is 0.418 e. The lowest BCUT2D eigenvalue weighted by Gasteiger charge is -2.15. The van der Waals surface area contributed by atoms with E-state index in [0.29, 0.717) is 25.6 Å². The molecule has 6 nitrogen and oxygen atoms in total. The van der Waals surface area contributed by atoms with E-state index in [1.54, 1.807) is 6.07 Å². The van der Waals surface area contributed by atoms with E-state index in [1.165, 1.54) is 24.3 Å². The Bertz CT molecular complexity index is 1120. The summed E-state index contributed by atoms with van der Waals surface area (Å²) in [6.07, 6.45) is -3.40. The third-order valence-electron chi connectivity index (χ3n) is 4.03. The van der Waals surface area contributed by atoms with Gasteiger partial charge in [-0.2, -0.15) is 13.2 Å². The van der Waals surface area contributed by atoms with Crippen molar-refractivity contribution in [3.8, 4) is 5.75 Å². The number of carbonyl (C=O) groups is 3. The number of nitrogens with one attached hydrogen (secondary N) is 1. The molecule has 1 fully saturated rings. The number of para-hydroxylation sites is 1. The van der Waals surface area contributed by atoms with Crippen molar-refractivity contribution in [1.82, 2.24) is 4.90 Å². The molecule has 0 bridgehead atoms. The molecule has 31 heavy (non-hydrogen) atoms. The molecule has 1 aliphatic rings. The highest BCUT2D eigenvalue weighted by atomic mass is 79.9. The Morgan fingerprint density at radius 3 is 2.55 bits per heavy atom. The zero-order chi connectivity index (χ0) is 22.9. The first-order valence-corrected chi connectivity index (χ1v) is 10.8. The molecule has 0 atom stereocenters. The molecule has 1 heterocycles. The molecule has 0 radical (unpaired) electrons. The van der Waals surface area contributed by atoms with Crippen LogP contribution < -0.4 is 5.32 Å². The third kappa shape index (κ3) is 5.31. The van der Waals surface area contributed by atoms with Crippen molar-refractivity contribution >= 4 is 72.4 Å². The minimum atomic E-state index is -4.69. The number of nitrogens with zero attached hydrogens (tertiary/aromatic N) is 1. The third-order valence-corrected chi connectivity index (χ3v) is 6.00. The number of aromatic hydroxyl groups is 1. The fraction of sp³-hybridized carbons (Fsp3) is 0.105. The summed E-state index contributed by atoms with van der Waals surface area (Å²) in [5, 5.41) is 11.4. The van der Waals surface area contributed by atoms with Crippen molar-refractivity contribution in [2.24, 2.45) is 0 Å². The molecule has 2 aromatic rings. The van der Waals surface area contributed by atoms with Crippen molar-refractivity contribution < 1.29 is 32.7 Å². The number of rotatable bonds is 4. The zero-order valence-corrected chi connectivity index (χ0v) is 19.2. The van der Waals surface area contributed by atoms with Gasteiger partial charge in [-0.05, 0) is 58.0 Å². The Labute approximate surface area is 194 Å². The molecule has 0 aliphatic carbocycles. The number of anilines is 1. The van der Waals surface area contributed by atoms with Gasteiger partial charge in [-0.3, -0.25) is 19.3 Å². The highest BCUT2D eigenvalue weighted by Gasteiger charge is 2.37. The Hall–Kier alpha value is -2.31. The van der Waals surface area contributed by atoms with Crippen LogP contribution in [-0.4, -0.2) is 33.6 Å². The molecule has 1 aliphatic heterocycles. The summed E-state index contributed by atoms with van der Waals surface area (Å²) in [6.45, 7) is -0.762. The van der Waals surface area contributed by atoms with Gasteiger partial charge < -0.3 is 10.4 Å². The molecule has 1 saturated heterocycles. The SMILES string of the molecule is O=C(CN1C(=O)S/C(=C\c2cc(Br)cc(Br)c2O)C1=O)Nc1ccccc1C(F)(F)F. The van der Waals surface area contributed by atoms with Gasteiger partial charge in [-0.1, -0.05) is 28.1 Å². The second-order valence-electron chi connectivity index (χ2n) is 6.18. The quantitative estimate of drug-likeness (QED) is 0.460.